The number of nitrogens with two attached hydrogens (primary N) is 1. The third kappa shape index (κ3) is 4.31. The summed E-state index contributed by atoms with van der Waals surface area (Å²) in [7, 11) is 0. The van der Waals surface area contributed by atoms with Gasteiger partial charge in [-0.25, -0.2) is 0 Å². The topological polar surface area (TPSA) is 80.3 Å². The fraction of sp³-hybridized carbons (Fsp3) is 0.261. The zero-order valence-corrected chi connectivity index (χ0v) is 16.8. The number of aliphatic hydroxyl groups is 1. The number of hydrogen-bond donors (Lipinski definition) is 3. The predicted octanol–water partition coefficient (Wildman–Crippen LogP) is 4.61. The smallest absolute Gasteiger partial charge is 0.250 e. The first-order valence-electron chi connectivity index (χ1n) is 9.83. The van der Waals surface area contributed by atoms with E-state index >= 15 is 0 Å². The van der Waals surface area contributed by atoms with Gasteiger partial charge in [-0.05, 0) is 73.7 Å². The van der Waals surface area contributed by atoms with Crippen LogP contribution in [-0.2, 0) is 0 Å². The molecule has 1 fully saturated rings. The van der Waals surface area contributed by atoms with Gasteiger partial charge in [-0.15, -0.1) is 0 Å². The van der Waals surface area contributed by atoms with Crippen LogP contribution in [0.5, 0.6) is 0 Å². The maximum Gasteiger partial charge on any atom is 0.250 e. The van der Waals surface area contributed by atoms with Gasteiger partial charge in [0.2, 0.25) is 0 Å². The van der Waals surface area contributed by atoms with Crippen LogP contribution in [-0.4, -0.2) is 27.7 Å². The monoisotopic (exact) mass is 409 g/mol. The zero-order valence-electron chi connectivity index (χ0n) is 16.0. The Morgan fingerprint density at radius 3 is 2.48 bits per heavy atom. The molecule has 4 rings (SSSR count). The van der Waals surface area contributed by atoms with Crippen LogP contribution in [0.1, 0.15) is 36.0 Å². The van der Waals surface area contributed by atoms with Gasteiger partial charge in [-0.2, -0.15) is 0 Å². The number of anilines is 1. The van der Waals surface area contributed by atoms with Crippen LogP contribution in [0.15, 0.2) is 60.8 Å². The molecular formula is C23H24ClN3O2. The van der Waals surface area contributed by atoms with E-state index in [4.69, 9.17) is 17.3 Å². The van der Waals surface area contributed by atoms with E-state index in [9.17, 15) is 9.90 Å². The molecule has 0 radical (unpaired) electrons. The average molecular weight is 410 g/mol. The largest absolute Gasteiger partial charge is 0.393 e. The van der Waals surface area contributed by atoms with Crippen molar-refractivity contribution in [1.82, 2.24) is 4.57 Å². The van der Waals surface area contributed by atoms with Crippen molar-refractivity contribution >= 4 is 23.2 Å². The lowest BCUT2D eigenvalue weighted by molar-refractivity contribution is 0.100. The summed E-state index contributed by atoms with van der Waals surface area (Å²) >= 11 is 6.02. The van der Waals surface area contributed by atoms with Crippen LogP contribution >= 0.6 is 11.6 Å². The third-order valence-electron chi connectivity index (χ3n) is 5.49. The molecule has 1 amide bonds. The van der Waals surface area contributed by atoms with Crippen LogP contribution in [0.4, 0.5) is 5.69 Å². The summed E-state index contributed by atoms with van der Waals surface area (Å²) in [4.78, 5) is 12.0. The molecule has 4 N–H and O–H groups in total. The second kappa shape index (κ2) is 8.31. The molecule has 3 aromatic rings. The number of carbonyl (C=O) groups is 1. The highest BCUT2D eigenvalue weighted by Gasteiger charge is 2.21. The highest BCUT2D eigenvalue weighted by molar-refractivity contribution is 6.30. The molecule has 0 unspecified atom stereocenters. The number of halogens is 1. The number of amides is 1. The maximum absolute atomic E-state index is 12.0. The van der Waals surface area contributed by atoms with Crippen molar-refractivity contribution < 1.29 is 9.90 Å². The lowest BCUT2D eigenvalue weighted by Gasteiger charge is -2.28. The van der Waals surface area contributed by atoms with Crippen LogP contribution < -0.4 is 11.1 Å². The summed E-state index contributed by atoms with van der Waals surface area (Å²) in [5.41, 5.74) is 9.82. The Labute approximate surface area is 175 Å². The summed E-state index contributed by atoms with van der Waals surface area (Å²) in [6, 6.07) is 17.6. The zero-order chi connectivity index (χ0) is 20.4. The SMILES string of the molecule is NC(=O)c1ccc(-n2cccc2-c2ccc(Cl)cc2)cc1N[C@H]1CC[C@H](O)CC1. The number of nitrogens with zero attached hydrogens (tertiary/aromatic N) is 1. The predicted molar refractivity (Wildman–Crippen MR) is 117 cm³/mol. The third-order valence-corrected chi connectivity index (χ3v) is 5.74. The van der Waals surface area contributed by atoms with Crippen LogP contribution in [0.2, 0.25) is 5.02 Å². The molecule has 29 heavy (non-hydrogen) atoms. The summed E-state index contributed by atoms with van der Waals surface area (Å²) in [5.74, 6) is -0.458. The lowest BCUT2D eigenvalue weighted by atomic mass is 9.92. The Balaban J connectivity index is 1.68. The molecule has 0 aliphatic heterocycles. The van der Waals surface area contributed by atoms with Gasteiger partial charge >= 0.3 is 0 Å². The minimum absolute atomic E-state index is 0.215. The number of aliphatic hydroxyl groups excluding tert-OH is 1. The van der Waals surface area contributed by atoms with E-state index < -0.39 is 5.91 Å². The van der Waals surface area contributed by atoms with E-state index in [0.717, 1.165) is 48.3 Å². The van der Waals surface area contributed by atoms with E-state index in [0.29, 0.717) is 10.6 Å². The van der Waals surface area contributed by atoms with Gasteiger partial charge < -0.3 is 20.7 Å². The highest BCUT2D eigenvalue weighted by Crippen LogP contribution is 2.29. The molecule has 0 spiro atoms. The highest BCUT2D eigenvalue weighted by atomic mass is 35.5. The van der Waals surface area contributed by atoms with E-state index in [1.165, 1.54) is 0 Å². The van der Waals surface area contributed by atoms with Crippen molar-refractivity contribution in [2.75, 3.05) is 5.32 Å². The van der Waals surface area contributed by atoms with E-state index in [1.54, 1.807) is 6.07 Å². The average Bonchev–Trinajstić information content (AvgIpc) is 3.20. The molecule has 1 heterocycles. The minimum atomic E-state index is -0.458. The van der Waals surface area contributed by atoms with Crippen molar-refractivity contribution in [2.45, 2.75) is 37.8 Å². The Morgan fingerprint density at radius 2 is 1.79 bits per heavy atom. The summed E-state index contributed by atoms with van der Waals surface area (Å²) in [6.07, 6.45) is 5.02. The molecule has 5 nitrogen and oxygen atoms in total. The summed E-state index contributed by atoms with van der Waals surface area (Å²) in [6.45, 7) is 0. The van der Waals surface area contributed by atoms with Crippen molar-refractivity contribution in [3.05, 3.63) is 71.4 Å². The first-order valence-corrected chi connectivity index (χ1v) is 10.2. The van der Waals surface area contributed by atoms with Gasteiger partial charge in [0.1, 0.15) is 0 Å². The molecule has 2 aromatic carbocycles. The minimum Gasteiger partial charge on any atom is -0.393 e. The standard InChI is InChI=1S/C23H24ClN3O2/c24-16-5-3-15(4-6-16)22-2-1-13-27(22)18-9-12-20(23(25)29)21(14-18)26-17-7-10-19(28)11-8-17/h1-6,9,12-14,17,19,26,28H,7-8,10-11H2,(H2,25,29)/t17-,19-. The molecule has 150 valence electrons. The number of primary amides is 1. The first kappa shape index (κ1) is 19.6. The molecule has 0 bridgehead atoms. The number of aromatic nitrogens is 1. The Morgan fingerprint density at radius 1 is 1.07 bits per heavy atom. The number of nitrogens with one attached hydrogen (secondary N) is 1. The van der Waals surface area contributed by atoms with E-state index in [-0.39, 0.29) is 12.1 Å². The maximum atomic E-state index is 12.0. The molecular weight excluding hydrogens is 386 g/mol. The fourth-order valence-corrected chi connectivity index (χ4v) is 4.04. The van der Waals surface area contributed by atoms with Gasteiger partial charge in [-0.1, -0.05) is 23.7 Å². The van der Waals surface area contributed by atoms with Crippen molar-refractivity contribution in [3.8, 4) is 16.9 Å². The molecule has 1 aliphatic rings. The molecule has 0 saturated heterocycles. The van der Waals surface area contributed by atoms with Gasteiger partial charge in [-0.3, -0.25) is 4.79 Å². The quantitative estimate of drug-likeness (QED) is 0.575. The Hall–Kier alpha value is -2.76. The summed E-state index contributed by atoms with van der Waals surface area (Å²) < 4.78 is 2.07. The van der Waals surface area contributed by atoms with E-state index in [1.807, 2.05) is 54.7 Å². The molecule has 6 heteroatoms. The van der Waals surface area contributed by atoms with E-state index in [2.05, 4.69) is 9.88 Å². The van der Waals surface area contributed by atoms with Gasteiger partial charge in [0.05, 0.1) is 17.4 Å². The first-order chi connectivity index (χ1) is 14.0. The fourth-order valence-electron chi connectivity index (χ4n) is 3.92. The number of hydrogen-bond acceptors (Lipinski definition) is 3. The van der Waals surface area contributed by atoms with Gasteiger partial charge in [0.25, 0.3) is 5.91 Å². The molecule has 1 aliphatic carbocycles. The number of benzene rings is 2. The molecule has 1 aromatic heterocycles. The second-order valence-electron chi connectivity index (χ2n) is 7.51. The van der Waals surface area contributed by atoms with Gasteiger partial charge in [0.15, 0.2) is 0 Å². The summed E-state index contributed by atoms with van der Waals surface area (Å²) in [5, 5.41) is 13.9. The normalized spacial score (nSPS) is 19.1. The molecule has 1 saturated carbocycles. The van der Waals surface area contributed by atoms with Crippen LogP contribution in [0.25, 0.3) is 16.9 Å². The Kier molecular flexibility index (Phi) is 5.60. The van der Waals surface area contributed by atoms with Crippen LogP contribution in [0.3, 0.4) is 0 Å². The second-order valence-corrected chi connectivity index (χ2v) is 7.95. The molecule has 0 atom stereocenters. The van der Waals surface area contributed by atoms with Crippen LogP contribution in [0, 0.1) is 0 Å². The van der Waals surface area contributed by atoms with Crippen molar-refractivity contribution in [3.63, 3.8) is 0 Å². The van der Waals surface area contributed by atoms with Crippen molar-refractivity contribution in [2.24, 2.45) is 5.73 Å². The number of carbonyl (C=O) groups excluding carboxylic acids is 1. The van der Waals surface area contributed by atoms with Crippen molar-refractivity contribution in [1.29, 1.82) is 0 Å². The number of rotatable bonds is 5. The lowest BCUT2D eigenvalue weighted by Crippen LogP contribution is -2.29. The Bertz CT molecular complexity index is 1010. The van der Waals surface area contributed by atoms with Gasteiger partial charge in [0, 0.05) is 28.6 Å².